The molecule has 4 aromatic heterocycles. The molecule has 0 aliphatic carbocycles. The molecule has 1 aliphatic heterocycles. The van der Waals surface area contributed by atoms with Crippen molar-refractivity contribution < 1.29 is 4.74 Å². The van der Waals surface area contributed by atoms with Crippen LogP contribution < -0.4 is 0 Å². The fraction of sp³-hybridized carbons (Fsp3) is 0.227. The van der Waals surface area contributed by atoms with E-state index in [-0.39, 0.29) is 6.23 Å². The summed E-state index contributed by atoms with van der Waals surface area (Å²) in [6.07, 6.45) is 12.4. The van der Waals surface area contributed by atoms with Crippen molar-refractivity contribution in [3.05, 3.63) is 55.4 Å². The van der Waals surface area contributed by atoms with Gasteiger partial charge in [0.15, 0.2) is 6.23 Å². The average molecular weight is 384 g/mol. The van der Waals surface area contributed by atoms with E-state index in [1.165, 1.54) is 0 Å². The van der Waals surface area contributed by atoms with Crippen LogP contribution in [-0.2, 0) is 4.74 Å². The van der Waals surface area contributed by atoms with E-state index in [9.17, 15) is 0 Å². The van der Waals surface area contributed by atoms with Crippen LogP contribution in [0.4, 0.5) is 0 Å². The van der Waals surface area contributed by atoms with Gasteiger partial charge in [-0.15, -0.1) is 0 Å². The standard InChI is InChI=1S/C22H20N6O/c1-2-8-29-21(3-1)28-20-5-4-14(17-10-23-11-18-15(17)6-7-25-18)9-16(20)22(27-28)19-12-24-13-26-19/h4-7,9-13,21,25H,1-3,8H2,(H,24,26). The number of hydrogen-bond donors (Lipinski definition) is 2. The molecule has 0 spiro atoms. The Morgan fingerprint density at radius 3 is 2.86 bits per heavy atom. The second-order valence-electron chi connectivity index (χ2n) is 7.44. The number of aromatic amines is 2. The lowest BCUT2D eigenvalue weighted by Crippen LogP contribution is -2.19. The highest BCUT2D eigenvalue weighted by Gasteiger charge is 2.22. The second kappa shape index (κ2) is 6.56. The summed E-state index contributed by atoms with van der Waals surface area (Å²) in [5, 5.41) is 7.18. The van der Waals surface area contributed by atoms with Crippen LogP contribution in [0.3, 0.4) is 0 Å². The molecule has 29 heavy (non-hydrogen) atoms. The summed E-state index contributed by atoms with van der Waals surface area (Å²) in [6.45, 7) is 0.782. The summed E-state index contributed by atoms with van der Waals surface area (Å²) >= 11 is 0. The zero-order chi connectivity index (χ0) is 19.2. The van der Waals surface area contributed by atoms with Gasteiger partial charge in [-0.1, -0.05) is 6.07 Å². The quantitative estimate of drug-likeness (QED) is 0.473. The second-order valence-corrected chi connectivity index (χ2v) is 7.44. The van der Waals surface area contributed by atoms with Crippen LogP contribution in [0, 0.1) is 0 Å². The van der Waals surface area contributed by atoms with Crippen LogP contribution in [0.15, 0.2) is 55.4 Å². The Hall–Kier alpha value is -3.45. The smallest absolute Gasteiger partial charge is 0.150 e. The number of ether oxygens (including phenoxy) is 1. The number of nitrogens with zero attached hydrogens (tertiary/aromatic N) is 4. The molecule has 5 aromatic rings. The topological polar surface area (TPSA) is 84.4 Å². The van der Waals surface area contributed by atoms with Crippen molar-refractivity contribution in [2.45, 2.75) is 25.5 Å². The molecule has 1 saturated heterocycles. The Morgan fingerprint density at radius 1 is 1.00 bits per heavy atom. The van der Waals surface area contributed by atoms with Crippen LogP contribution >= 0.6 is 0 Å². The van der Waals surface area contributed by atoms with Crippen molar-refractivity contribution >= 4 is 21.8 Å². The summed E-state index contributed by atoms with van der Waals surface area (Å²) < 4.78 is 8.06. The Morgan fingerprint density at radius 2 is 2.00 bits per heavy atom. The van der Waals surface area contributed by atoms with Crippen LogP contribution in [0.25, 0.3) is 44.3 Å². The lowest BCUT2D eigenvalue weighted by atomic mass is 10.0. The van der Waals surface area contributed by atoms with Gasteiger partial charge < -0.3 is 14.7 Å². The zero-order valence-electron chi connectivity index (χ0n) is 15.8. The first-order chi connectivity index (χ1) is 14.4. The maximum atomic E-state index is 6.03. The number of benzene rings is 1. The van der Waals surface area contributed by atoms with Crippen molar-refractivity contribution in [2.75, 3.05) is 6.61 Å². The maximum Gasteiger partial charge on any atom is 0.150 e. The first-order valence-electron chi connectivity index (χ1n) is 9.92. The van der Waals surface area contributed by atoms with E-state index in [1.807, 2.05) is 29.5 Å². The number of rotatable bonds is 3. The molecule has 0 radical (unpaired) electrons. The van der Waals surface area contributed by atoms with E-state index in [0.717, 1.165) is 70.2 Å². The molecule has 1 fully saturated rings. The Kier molecular flexibility index (Phi) is 3.73. The van der Waals surface area contributed by atoms with Gasteiger partial charge in [0.05, 0.1) is 35.4 Å². The predicted octanol–water partition coefficient (Wildman–Crippen LogP) is 4.67. The van der Waals surface area contributed by atoms with E-state index < -0.39 is 0 Å². The SMILES string of the molecule is c1ncc(-c2nn(C3CCCCO3)c3ccc(-c4cncc5[nH]ccc45)cc23)[nH]1. The van der Waals surface area contributed by atoms with Crippen LogP contribution in [0.2, 0.25) is 0 Å². The highest BCUT2D eigenvalue weighted by atomic mass is 16.5. The number of hydrogen-bond acceptors (Lipinski definition) is 4. The highest BCUT2D eigenvalue weighted by molar-refractivity contribution is 6.00. The average Bonchev–Trinajstić information content (AvgIpc) is 3.52. The first-order valence-corrected chi connectivity index (χ1v) is 9.92. The molecule has 1 aromatic carbocycles. The predicted molar refractivity (Wildman–Crippen MR) is 111 cm³/mol. The fourth-order valence-electron chi connectivity index (χ4n) is 4.24. The molecule has 7 nitrogen and oxygen atoms in total. The summed E-state index contributed by atoms with van der Waals surface area (Å²) in [7, 11) is 0. The molecule has 0 saturated carbocycles. The molecular formula is C22H20N6O. The molecule has 0 bridgehead atoms. The highest BCUT2D eigenvalue weighted by Crippen LogP contribution is 2.36. The van der Waals surface area contributed by atoms with Gasteiger partial charge in [0, 0.05) is 35.3 Å². The number of aromatic nitrogens is 6. The van der Waals surface area contributed by atoms with Crippen molar-refractivity contribution in [1.29, 1.82) is 0 Å². The van der Waals surface area contributed by atoms with Gasteiger partial charge in [-0.3, -0.25) is 4.98 Å². The third kappa shape index (κ3) is 2.66. The Balaban J connectivity index is 1.57. The third-order valence-electron chi connectivity index (χ3n) is 5.68. The summed E-state index contributed by atoms with van der Waals surface area (Å²) in [5.74, 6) is 0. The van der Waals surface area contributed by atoms with E-state index >= 15 is 0 Å². The van der Waals surface area contributed by atoms with Crippen LogP contribution in [0.1, 0.15) is 25.5 Å². The van der Waals surface area contributed by atoms with Crippen molar-refractivity contribution in [3.63, 3.8) is 0 Å². The monoisotopic (exact) mass is 384 g/mol. The van der Waals surface area contributed by atoms with Crippen molar-refractivity contribution in [1.82, 2.24) is 29.7 Å². The lowest BCUT2D eigenvalue weighted by molar-refractivity contribution is -0.0365. The van der Waals surface area contributed by atoms with Gasteiger partial charge in [0.25, 0.3) is 0 Å². The van der Waals surface area contributed by atoms with Gasteiger partial charge in [-0.2, -0.15) is 5.10 Å². The minimum atomic E-state index is -0.0245. The first kappa shape index (κ1) is 16.5. The molecule has 1 atom stereocenters. The van der Waals surface area contributed by atoms with E-state index in [2.05, 4.69) is 44.2 Å². The largest absolute Gasteiger partial charge is 0.360 e. The van der Waals surface area contributed by atoms with Gasteiger partial charge in [-0.25, -0.2) is 9.67 Å². The molecule has 7 heteroatoms. The van der Waals surface area contributed by atoms with Crippen LogP contribution in [-0.4, -0.2) is 36.3 Å². The third-order valence-corrected chi connectivity index (χ3v) is 5.68. The molecule has 2 N–H and O–H groups in total. The summed E-state index contributed by atoms with van der Waals surface area (Å²) in [5.41, 5.74) is 6.10. The molecule has 0 amide bonds. The number of nitrogens with one attached hydrogen (secondary N) is 2. The van der Waals surface area contributed by atoms with Gasteiger partial charge >= 0.3 is 0 Å². The van der Waals surface area contributed by atoms with Gasteiger partial charge in [0.1, 0.15) is 5.69 Å². The number of imidazole rings is 1. The fourth-order valence-corrected chi connectivity index (χ4v) is 4.24. The summed E-state index contributed by atoms with van der Waals surface area (Å²) in [4.78, 5) is 15.0. The van der Waals surface area contributed by atoms with E-state index in [0.29, 0.717) is 0 Å². The number of fused-ring (bicyclic) bond motifs is 2. The van der Waals surface area contributed by atoms with Gasteiger partial charge in [-0.05, 0) is 43.0 Å². The Bertz CT molecular complexity index is 1290. The minimum Gasteiger partial charge on any atom is -0.360 e. The maximum absolute atomic E-state index is 6.03. The molecular weight excluding hydrogens is 364 g/mol. The molecule has 1 aliphatic rings. The molecule has 1 unspecified atom stereocenters. The van der Waals surface area contributed by atoms with E-state index in [1.54, 1.807) is 6.33 Å². The van der Waals surface area contributed by atoms with Crippen molar-refractivity contribution in [3.8, 4) is 22.5 Å². The van der Waals surface area contributed by atoms with Crippen LogP contribution in [0.5, 0.6) is 0 Å². The zero-order valence-corrected chi connectivity index (χ0v) is 15.8. The molecule has 5 heterocycles. The summed E-state index contributed by atoms with van der Waals surface area (Å²) in [6, 6.07) is 8.57. The normalized spacial score (nSPS) is 17.3. The van der Waals surface area contributed by atoms with E-state index in [4.69, 9.17) is 9.84 Å². The number of H-pyrrole nitrogens is 2. The molecule has 6 rings (SSSR count). The number of pyridine rings is 1. The van der Waals surface area contributed by atoms with Gasteiger partial charge in [0.2, 0.25) is 0 Å². The lowest BCUT2D eigenvalue weighted by Gasteiger charge is -2.23. The van der Waals surface area contributed by atoms with Crippen molar-refractivity contribution in [2.24, 2.45) is 0 Å². The molecule has 144 valence electrons. The Labute approximate surface area is 166 Å². The minimum absolute atomic E-state index is 0.0245.